The number of ether oxygens (including phenoxy) is 2. The summed E-state index contributed by atoms with van der Waals surface area (Å²) in [4.78, 5) is 45.1. The largest absolute Gasteiger partial charge is 0.468 e. The van der Waals surface area contributed by atoms with Crippen molar-refractivity contribution in [2.24, 2.45) is 11.8 Å². The SMILES string of the molecule is COC(=O)C(CC(C(C)=O)C(=O)OC)C(C)=O. The second-order valence-electron chi connectivity index (χ2n) is 3.61. The second-order valence-corrected chi connectivity index (χ2v) is 3.61. The van der Waals surface area contributed by atoms with E-state index in [1.54, 1.807) is 0 Å². The van der Waals surface area contributed by atoms with Crippen LogP contribution in [0.2, 0.25) is 0 Å². The Labute approximate surface area is 99.3 Å². The van der Waals surface area contributed by atoms with Crippen LogP contribution in [0.4, 0.5) is 0 Å². The van der Waals surface area contributed by atoms with Crippen LogP contribution in [0.1, 0.15) is 20.3 Å². The molecule has 0 N–H and O–H groups in total. The molecule has 0 spiro atoms. The van der Waals surface area contributed by atoms with Crippen LogP contribution >= 0.6 is 0 Å². The molecular weight excluding hydrogens is 228 g/mol. The van der Waals surface area contributed by atoms with Gasteiger partial charge in [0.05, 0.1) is 14.2 Å². The van der Waals surface area contributed by atoms with Gasteiger partial charge in [-0.1, -0.05) is 0 Å². The van der Waals surface area contributed by atoms with E-state index in [1.807, 2.05) is 0 Å². The number of carbonyl (C=O) groups excluding carboxylic acids is 4. The van der Waals surface area contributed by atoms with Crippen molar-refractivity contribution in [2.45, 2.75) is 20.3 Å². The highest BCUT2D eigenvalue weighted by atomic mass is 16.5. The van der Waals surface area contributed by atoms with Crippen LogP contribution in [0.3, 0.4) is 0 Å². The van der Waals surface area contributed by atoms with E-state index in [1.165, 1.54) is 13.8 Å². The fraction of sp³-hybridized carbons (Fsp3) is 0.636. The molecule has 0 aliphatic rings. The molecule has 0 saturated heterocycles. The third-order valence-corrected chi connectivity index (χ3v) is 2.42. The van der Waals surface area contributed by atoms with Crippen molar-refractivity contribution in [1.29, 1.82) is 0 Å². The molecule has 0 bridgehead atoms. The minimum Gasteiger partial charge on any atom is -0.468 e. The fourth-order valence-electron chi connectivity index (χ4n) is 1.38. The monoisotopic (exact) mass is 244 g/mol. The van der Waals surface area contributed by atoms with Crippen molar-refractivity contribution in [3.63, 3.8) is 0 Å². The van der Waals surface area contributed by atoms with Gasteiger partial charge in [-0.2, -0.15) is 0 Å². The van der Waals surface area contributed by atoms with E-state index in [0.717, 1.165) is 14.2 Å². The van der Waals surface area contributed by atoms with Gasteiger partial charge < -0.3 is 9.47 Å². The molecule has 6 nitrogen and oxygen atoms in total. The van der Waals surface area contributed by atoms with Gasteiger partial charge in [0.15, 0.2) is 0 Å². The Balaban J connectivity index is 4.93. The van der Waals surface area contributed by atoms with Crippen LogP contribution in [0.5, 0.6) is 0 Å². The minimum absolute atomic E-state index is 0.218. The molecule has 0 aromatic carbocycles. The van der Waals surface area contributed by atoms with E-state index < -0.39 is 35.3 Å². The lowest BCUT2D eigenvalue weighted by Gasteiger charge is -2.16. The molecule has 0 amide bonds. The number of esters is 2. The second kappa shape index (κ2) is 6.78. The summed E-state index contributed by atoms with van der Waals surface area (Å²) in [5.41, 5.74) is 0. The molecule has 0 fully saturated rings. The van der Waals surface area contributed by atoms with Crippen molar-refractivity contribution in [1.82, 2.24) is 0 Å². The predicted molar refractivity (Wildman–Crippen MR) is 57.0 cm³/mol. The maximum atomic E-state index is 11.3. The van der Waals surface area contributed by atoms with Crippen LogP contribution in [-0.4, -0.2) is 37.7 Å². The third-order valence-electron chi connectivity index (χ3n) is 2.42. The maximum absolute atomic E-state index is 11.3. The summed E-state index contributed by atoms with van der Waals surface area (Å²) in [5.74, 6) is -4.65. The van der Waals surface area contributed by atoms with Gasteiger partial charge in [-0.05, 0) is 20.3 Å². The summed E-state index contributed by atoms with van der Waals surface area (Å²) in [5, 5.41) is 0. The quantitative estimate of drug-likeness (QED) is 0.487. The first-order valence-corrected chi connectivity index (χ1v) is 5.01. The van der Waals surface area contributed by atoms with E-state index >= 15 is 0 Å². The smallest absolute Gasteiger partial charge is 0.316 e. The van der Waals surface area contributed by atoms with Crippen molar-refractivity contribution < 1.29 is 28.7 Å². The van der Waals surface area contributed by atoms with Crippen molar-refractivity contribution >= 4 is 23.5 Å². The van der Waals surface area contributed by atoms with E-state index in [9.17, 15) is 19.2 Å². The Hall–Kier alpha value is -1.72. The van der Waals surface area contributed by atoms with Gasteiger partial charge in [-0.25, -0.2) is 0 Å². The maximum Gasteiger partial charge on any atom is 0.316 e. The average molecular weight is 244 g/mol. The van der Waals surface area contributed by atoms with Gasteiger partial charge in [0.1, 0.15) is 23.4 Å². The topological polar surface area (TPSA) is 86.7 Å². The number of ketones is 2. The first-order valence-electron chi connectivity index (χ1n) is 5.01. The summed E-state index contributed by atoms with van der Waals surface area (Å²) < 4.78 is 8.89. The minimum atomic E-state index is -1.12. The molecule has 96 valence electrons. The number of Topliss-reactive ketones (excluding diaryl/α,β-unsaturated/α-hetero) is 2. The first-order chi connectivity index (χ1) is 7.84. The highest BCUT2D eigenvalue weighted by molar-refractivity contribution is 6.02. The Morgan fingerprint density at radius 3 is 1.29 bits per heavy atom. The highest BCUT2D eigenvalue weighted by Gasteiger charge is 2.34. The molecule has 0 aromatic rings. The summed E-state index contributed by atoms with van der Waals surface area (Å²) in [6.07, 6.45) is -0.218. The van der Waals surface area contributed by atoms with Gasteiger partial charge in [0.25, 0.3) is 0 Å². The van der Waals surface area contributed by atoms with E-state index in [4.69, 9.17) is 0 Å². The molecule has 0 aliphatic carbocycles. The molecule has 0 aliphatic heterocycles. The fourth-order valence-corrected chi connectivity index (χ4v) is 1.38. The Kier molecular flexibility index (Phi) is 6.09. The van der Waals surface area contributed by atoms with Crippen LogP contribution in [0, 0.1) is 11.8 Å². The average Bonchev–Trinajstić information content (AvgIpc) is 2.27. The van der Waals surface area contributed by atoms with Crippen LogP contribution in [-0.2, 0) is 28.7 Å². The van der Waals surface area contributed by atoms with Gasteiger partial charge in [0, 0.05) is 0 Å². The molecule has 6 heteroatoms. The lowest BCUT2D eigenvalue weighted by molar-refractivity contribution is -0.153. The molecule has 0 rings (SSSR count). The molecule has 0 heterocycles. The van der Waals surface area contributed by atoms with Gasteiger partial charge in [-0.15, -0.1) is 0 Å². The molecule has 2 atom stereocenters. The molecule has 0 radical (unpaired) electrons. The zero-order chi connectivity index (χ0) is 13.6. The standard InChI is InChI=1S/C11H16O6/c1-6(12)8(10(14)16-3)5-9(7(2)13)11(15)17-4/h8-9H,5H2,1-4H3. The summed E-state index contributed by atoms with van der Waals surface area (Å²) >= 11 is 0. The third kappa shape index (κ3) is 4.34. The van der Waals surface area contributed by atoms with E-state index in [0.29, 0.717) is 0 Å². The highest BCUT2D eigenvalue weighted by Crippen LogP contribution is 2.17. The van der Waals surface area contributed by atoms with Gasteiger partial charge in [-0.3, -0.25) is 19.2 Å². The van der Waals surface area contributed by atoms with Crippen molar-refractivity contribution in [2.75, 3.05) is 14.2 Å². The van der Waals surface area contributed by atoms with Gasteiger partial charge in [0.2, 0.25) is 0 Å². The Morgan fingerprint density at radius 2 is 1.12 bits per heavy atom. The van der Waals surface area contributed by atoms with Crippen molar-refractivity contribution in [3.8, 4) is 0 Å². The predicted octanol–water partition coefficient (Wildman–Crippen LogP) is 0.133. The number of hydrogen-bond donors (Lipinski definition) is 0. The van der Waals surface area contributed by atoms with Crippen molar-refractivity contribution in [3.05, 3.63) is 0 Å². The summed E-state index contributed by atoms with van der Waals surface area (Å²) in [7, 11) is 2.28. The lowest BCUT2D eigenvalue weighted by atomic mass is 9.89. The number of hydrogen-bond acceptors (Lipinski definition) is 6. The van der Waals surface area contributed by atoms with E-state index in [-0.39, 0.29) is 6.42 Å². The van der Waals surface area contributed by atoms with Crippen LogP contribution in [0.15, 0.2) is 0 Å². The normalized spacial score (nSPS) is 13.4. The van der Waals surface area contributed by atoms with Crippen LogP contribution in [0.25, 0.3) is 0 Å². The molecular formula is C11H16O6. The molecule has 2 unspecified atom stereocenters. The van der Waals surface area contributed by atoms with Crippen LogP contribution < -0.4 is 0 Å². The summed E-state index contributed by atoms with van der Waals surface area (Å²) in [6.45, 7) is 2.41. The molecule has 17 heavy (non-hydrogen) atoms. The summed E-state index contributed by atoms with van der Waals surface area (Å²) in [6, 6.07) is 0. The zero-order valence-corrected chi connectivity index (χ0v) is 10.3. The number of rotatable bonds is 6. The zero-order valence-electron chi connectivity index (χ0n) is 10.3. The Morgan fingerprint density at radius 1 is 0.824 bits per heavy atom. The van der Waals surface area contributed by atoms with E-state index in [2.05, 4.69) is 9.47 Å². The first kappa shape index (κ1) is 15.3. The number of carbonyl (C=O) groups is 4. The lowest BCUT2D eigenvalue weighted by Crippen LogP contribution is -2.32. The van der Waals surface area contributed by atoms with Gasteiger partial charge >= 0.3 is 11.9 Å². The molecule has 0 aromatic heterocycles. The Bertz CT molecular complexity index is 301. The molecule has 0 saturated carbocycles. The number of methoxy groups -OCH3 is 2.